The third-order valence-corrected chi connectivity index (χ3v) is 2.77. The fourth-order valence-corrected chi connectivity index (χ4v) is 1.58. The summed E-state index contributed by atoms with van der Waals surface area (Å²) in [7, 11) is 0. The van der Waals surface area contributed by atoms with E-state index in [1.54, 1.807) is 0 Å². The Morgan fingerprint density at radius 2 is 1.94 bits per heavy atom. The average molecular weight is 233 g/mol. The Kier molecular flexibility index (Phi) is 6.60. The molecule has 0 saturated heterocycles. The van der Waals surface area contributed by atoms with Gasteiger partial charge in [-0.25, -0.2) is 0 Å². The van der Waals surface area contributed by atoms with Crippen LogP contribution in [0.4, 0.5) is 0 Å². The van der Waals surface area contributed by atoms with Crippen LogP contribution in [-0.4, -0.2) is 13.2 Å². The second kappa shape index (κ2) is 8.04. The molecule has 1 N–H and O–H groups in total. The smallest absolute Gasteiger partial charge is 0.0719 e. The van der Waals surface area contributed by atoms with Gasteiger partial charge < -0.3 is 10.1 Å². The molecule has 0 aliphatic heterocycles. The summed E-state index contributed by atoms with van der Waals surface area (Å²) in [6.07, 6.45) is 1.04. The molecule has 94 valence electrons. The van der Waals surface area contributed by atoms with Crippen molar-refractivity contribution in [3.05, 3.63) is 47.5 Å². The molecule has 0 fully saturated rings. The van der Waals surface area contributed by atoms with Gasteiger partial charge in [0.1, 0.15) is 0 Å². The van der Waals surface area contributed by atoms with Gasteiger partial charge in [-0.2, -0.15) is 0 Å². The fourth-order valence-electron chi connectivity index (χ4n) is 1.58. The zero-order chi connectivity index (χ0) is 12.5. The summed E-state index contributed by atoms with van der Waals surface area (Å²) in [6, 6.07) is 8.40. The molecule has 0 bridgehead atoms. The third kappa shape index (κ3) is 5.16. The lowest BCUT2D eigenvalue weighted by Gasteiger charge is -2.11. The molecule has 2 heteroatoms. The minimum Gasteiger partial charge on any atom is -0.377 e. The van der Waals surface area contributed by atoms with E-state index in [9.17, 15) is 0 Å². The molecule has 0 aromatic heterocycles. The molecule has 17 heavy (non-hydrogen) atoms. The van der Waals surface area contributed by atoms with Crippen LogP contribution in [-0.2, 0) is 17.9 Å². The minimum atomic E-state index is 0.697. The monoisotopic (exact) mass is 233 g/mol. The van der Waals surface area contributed by atoms with Crippen molar-refractivity contribution >= 4 is 0 Å². The second-order valence-electron chi connectivity index (χ2n) is 4.11. The molecule has 1 aromatic rings. The lowest BCUT2D eigenvalue weighted by Crippen LogP contribution is -2.17. The first kappa shape index (κ1) is 13.9. The molecular weight excluding hydrogens is 210 g/mol. The van der Waals surface area contributed by atoms with Gasteiger partial charge >= 0.3 is 0 Å². The maximum atomic E-state index is 5.46. The van der Waals surface area contributed by atoms with Gasteiger partial charge in [-0.3, -0.25) is 0 Å². The molecule has 0 saturated carbocycles. The Morgan fingerprint density at radius 1 is 1.24 bits per heavy atom. The number of nitrogens with one attached hydrogen (secondary N) is 1. The van der Waals surface area contributed by atoms with Gasteiger partial charge in [-0.05, 0) is 24.5 Å². The van der Waals surface area contributed by atoms with Crippen molar-refractivity contribution in [1.29, 1.82) is 0 Å². The predicted octanol–water partition coefficient (Wildman–Crippen LogP) is 3.28. The van der Waals surface area contributed by atoms with E-state index in [0.717, 1.165) is 26.1 Å². The van der Waals surface area contributed by atoms with E-state index in [2.05, 4.69) is 43.1 Å². The number of ether oxygens (including phenoxy) is 1. The van der Waals surface area contributed by atoms with Gasteiger partial charge in [0, 0.05) is 19.7 Å². The summed E-state index contributed by atoms with van der Waals surface area (Å²) in [5.41, 5.74) is 3.82. The van der Waals surface area contributed by atoms with Crippen molar-refractivity contribution in [2.75, 3.05) is 13.2 Å². The zero-order valence-corrected chi connectivity index (χ0v) is 11.0. The van der Waals surface area contributed by atoms with Gasteiger partial charge in [0.15, 0.2) is 0 Å². The maximum Gasteiger partial charge on any atom is 0.0719 e. The van der Waals surface area contributed by atoms with Crippen LogP contribution in [0.25, 0.3) is 0 Å². The number of hydrogen-bond donors (Lipinski definition) is 1. The zero-order valence-electron chi connectivity index (χ0n) is 11.0. The SMILES string of the molecule is C=C(CC)CNCc1ccccc1COCC. The van der Waals surface area contributed by atoms with Gasteiger partial charge in [0.2, 0.25) is 0 Å². The van der Waals surface area contributed by atoms with Crippen molar-refractivity contribution in [1.82, 2.24) is 5.32 Å². The van der Waals surface area contributed by atoms with Crippen LogP contribution < -0.4 is 5.32 Å². The molecule has 0 unspecified atom stereocenters. The Bertz CT molecular complexity index is 347. The highest BCUT2D eigenvalue weighted by molar-refractivity contribution is 5.26. The van der Waals surface area contributed by atoms with Crippen LogP contribution in [0.15, 0.2) is 36.4 Å². The minimum absolute atomic E-state index is 0.697. The molecular formula is C15H23NO. The van der Waals surface area contributed by atoms with Crippen molar-refractivity contribution in [2.45, 2.75) is 33.4 Å². The first-order valence-electron chi connectivity index (χ1n) is 6.29. The van der Waals surface area contributed by atoms with E-state index >= 15 is 0 Å². The molecule has 0 radical (unpaired) electrons. The highest BCUT2D eigenvalue weighted by Crippen LogP contribution is 2.10. The molecule has 0 atom stereocenters. The van der Waals surface area contributed by atoms with Crippen LogP contribution in [0.1, 0.15) is 31.4 Å². The molecule has 0 amide bonds. The standard InChI is InChI=1S/C15H23NO/c1-4-13(3)10-16-11-14-8-6-7-9-15(14)12-17-5-2/h6-9,16H,3-5,10-12H2,1-2H3. The summed E-state index contributed by atoms with van der Waals surface area (Å²) < 4.78 is 5.46. The molecule has 0 spiro atoms. The topological polar surface area (TPSA) is 21.3 Å². The molecule has 1 rings (SSSR count). The van der Waals surface area contributed by atoms with Crippen LogP contribution in [0, 0.1) is 0 Å². The number of rotatable bonds is 8. The third-order valence-electron chi connectivity index (χ3n) is 2.77. The molecule has 0 heterocycles. The highest BCUT2D eigenvalue weighted by Gasteiger charge is 2.01. The molecule has 0 aliphatic rings. The first-order valence-corrected chi connectivity index (χ1v) is 6.29. The molecule has 1 aromatic carbocycles. The Labute approximate surface area is 105 Å². The summed E-state index contributed by atoms with van der Waals surface area (Å²) in [4.78, 5) is 0. The van der Waals surface area contributed by atoms with Crippen LogP contribution in [0.5, 0.6) is 0 Å². The summed E-state index contributed by atoms with van der Waals surface area (Å²) >= 11 is 0. The van der Waals surface area contributed by atoms with Gasteiger partial charge in [0.05, 0.1) is 6.61 Å². The Morgan fingerprint density at radius 3 is 2.59 bits per heavy atom. The van der Waals surface area contributed by atoms with Gasteiger partial charge in [-0.1, -0.05) is 43.3 Å². The summed E-state index contributed by atoms with van der Waals surface area (Å²) in [5, 5.41) is 3.41. The molecule has 2 nitrogen and oxygen atoms in total. The Hall–Kier alpha value is -1.12. The van der Waals surface area contributed by atoms with E-state index in [-0.39, 0.29) is 0 Å². The van der Waals surface area contributed by atoms with Crippen molar-refractivity contribution in [3.8, 4) is 0 Å². The van der Waals surface area contributed by atoms with E-state index in [1.807, 2.05) is 6.92 Å². The predicted molar refractivity (Wildman–Crippen MR) is 72.9 cm³/mol. The van der Waals surface area contributed by atoms with Crippen molar-refractivity contribution in [3.63, 3.8) is 0 Å². The maximum absolute atomic E-state index is 5.46. The van der Waals surface area contributed by atoms with Crippen LogP contribution >= 0.6 is 0 Å². The highest BCUT2D eigenvalue weighted by atomic mass is 16.5. The Balaban J connectivity index is 2.48. The normalized spacial score (nSPS) is 10.5. The van der Waals surface area contributed by atoms with Crippen LogP contribution in [0.3, 0.4) is 0 Å². The number of benzene rings is 1. The lowest BCUT2D eigenvalue weighted by atomic mass is 10.1. The van der Waals surface area contributed by atoms with Crippen molar-refractivity contribution in [2.24, 2.45) is 0 Å². The van der Waals surface area contributed by atoms with E-state index in [4.69, 9.17) is 4.74 Å². The first-order chi connectivity index (χ1) is 8.27. The van der Waals surface area contributed by atoms with Crippen LogP contribution in [0.2, 0.25) is 0 Å². The second-order valence-corrected chi connectivity index (χ2v) is 4.11. The summed E-state index contributed by atoms with van der Waals surface area (Å²) in [6.45, 7) is 11.4. The fraction of sp³-hybridized carbons (Fsp3) is 0.467. The van der Waals surface area contributed by atoms with E-state index in [1.165, 1.54) is 16.7 Å². The van der Waals surface area contributed by atoms with E-state index < -0.39 is 0 Å². The number of hydrogen-bond acceptors (Lipinski definition) is 2. The quantitative estimate of drug-likeness (QED) is 0.696. The summed E-state index contributed by atoms with van der Waals surface area (Å²) in [5.74, 6) is 0. The lowest BCUT2D eigenvalue weighted by molar-refractivity contribution is 0.133. The van der Waals surface area contributed by atoms with Gasteiger partial charge in [-0.15, -0.1) is 0 Å². The molecule has 0 aliphatic carbocycles. The largest absolute Gasteiger partial charge is 0.377 e. The van der Waals surface area contributed by atoms with Gasteiger partial charge in [0.25, 0.3) is 0 Å². The average Bonchev–Trinajstić information content (AvgIpc) is 2.37. The van der Waals surface area contributed by atoms with E-state index in [0.29, 0.717) is 6.61 Å². The van der Waals surface area contributed by atoms with Crippen molar-refractivity contribution < 1.29 is 4.74 Å².